The summed E-state index contributed by atoms with van der Waals surface area (Å²) < 4.78 is 0. The van der Waals surface area contributed by atoms with Crippen molar-refractivity contribution in [3.63, 3.8) is 0 Å². The van der Waals surface area contributed by atoms with Gasteiger partial charge in [-0.1, -0.05) is 61.4 Å². The highest BCUT2D eigenvalue weighted by molar-refractivity contribution is 5.81. The third kappa shape index (κ3) is 1.37. The summed E-state index contributed by atoms with van der Waals surface area (Å²) in [5, 5.41) is 0. The molecular weight excluding hydrogens is 204 g/mol. The number of hydrogen-bond donors (Lipinski definition) is 0. The van der Waals surface area contributed by atoms with Gasteiger partial charge in [-0.05, 0) is 36.1 Å². The van der Waals surface area contributed by atoms with Gasteiger partial charge in [0.2, 0.25) is 0 Å². The van der Waals surface area contributed by atoms with Crippen LogP contribution in [0.4, 0.5) is 0 Å². The molecule has 3 rings (SSSR count). The second-order valence-corrected chi connectivity index (χ2v) is 5.72. The lowest BCUT2D eigenvalue weighted by atomic mass is 9.82. The van der Waals surface area contributed by atoms with E-state index in [1.807, 2.05) is 0 Å². The van der Waals surface area contributed by atoms with Gasteiger partial charge in [0.1, 0.15) is 0 Å². The number of fused-ring (bicyclic) bond motifs is 3. The molecule has 0 fully saturated rings. The molecule has 0 spiro atoms. The van der Waals surface area contributed by atoms with E-state index in [1.165, 1.54) is 33.4 Å². The molecule has 2 aromatic carbocycles. The molecule has 0 N–H and O–H groups in total. The van der Waals surface area contributed by atoms with Gasteiger partial charge in [-0.2, -0.15) is 0 Å². The van der Waals surface area contributed by atoms with Crippen molar-refractivity contribution < 1.29 is 0 Å². The maximum absolute atomic E-state index is 2.34. The van der Waals surface area contributed by atoms with Crippen LogP contribution >= 0.6 is 0 Å². The van der Waals surface area contributed by atoms with Gasteiger partial charge in [0.15, 0.2) is 0 Å². The van der Waals surface area contributed by atoms with E-state index < -0.39 is 0 Å². The first-order valence-electron chi connectivity index (χ1n) is 6.23. The van der Waals surface area contributed by atoms with Crippen molar-refractivity contribution in [3.05, 3.63) is 58.7 Å². The van der Waals surface area contributed by atoms with Crippen LogP contribution in [0.15, 0.2) is 36.4 Å². The van der Waals surface area contributed by atoms with E-state index >= 15 is 0 Å². The Kier molecular flexibility index (Phi) is 2.01. The fourth-order valence-electron chi connectivity index (χ4n) is 2.98. The lowest BCUT2D eigenvalue weighted by Gasteiger charge is -2.21. The van der Waals surface area contributed by atoms with Crippen molar-refractivity contribution in [2.75, 3.05) is 0 Å². The summed E-state index contributed by atoms with van der Waals surface area (Å²) >= 11 is 0. The van der Waals surface area contributed by atoms with E-state index in [0.29, 0.717) is 0 Å². The number of benzene rings is 2. The Hall–Kier alpha value is -1.56. The molecule has 1 aliphatic rings. The Morgan fingerprint density at radius 3 is 2.12 bits per heavy atom. The van der Waals surface area contributed by atoms with Crippen molar-refractivity contribution in [2.24, 2.45) is 0 Å². The van der Waals surface area contributed by atoms with Gasteiger partial charge in [-0.15, -0.1) is 0 Å². The number of aryl methyl sites for hydroxylation is 2. The molecule has 17 heavy (non-hydrogen) atoms. The van der Waals surface area contributed by atoms with Gasteiger partial charge >= 0.3 is 0 Å². The van der Waals surface area contributed by atoms with Crippen molar-refractivity contribution in [1.82, 2.24) is 0 Å². The fourth-order valence-corrected chi connectivity index (χ4v) is 2.98. The first kappa shape index (κ1) is 10.6. The highest BCUT2D eigenvalue weighted by Crippen LogP contribution is 2.48. The maximum Gasteiger partial charge on any atom is 0.0158 e. The van der Waals surface area contributed by atoms with Crippen LogP contribution in [0.3, 0.4) is 0 Å². The molecule has 0 bridgehead atoms. The molecular formula is C17H18. The Bertz CT molecular complexity index is 603. The van der Waals surface area contributed by atoms with Crippen LogP contribution in [0.5, 0.6) is 0 Å². The molecule has 0 nitrogen and oxygen atoms in total. The summed E-state index contributed by atoms with van der Waals surface area (Å²) in [5.41, 5.74) is 8.60. The lowest BCUT2D eigenvalue weighted by molar-refractivity contribution is 0.659. The molecule has 0 aliphatic heterocycles. The summed E-state index contributed by atoms with van der Waals surface area (Å²) in [6, 6.07) is 13.7. The molecule has 0 heteroatoms. The third-order valence-electron chi connectivity index (χ3n) is 3.99. The predicted octanol–water partition coefficient (Wildman–Crippen LogP) is 4.61. The Morgan fingerprint density at radius 2 is 1.35 bits per heavy atom. The van der Waals surface area contributed by atoms with E-state index in [1.54, 1.807) is 0 Å². The first-order valence-corrected chi connectivity index (χ1v) is 6.23. The predicted molar refractivity (Wildman–Crippen MR) is 73.5 cm³/mol. The van der Waals surface area contributed by atoms with E-state index in [4.69, 9.17) is 0 Å². The Labute approximate surface area is 103 Å². The molecule has 0 amide bonds. The summed E-state index contributed by atoms with van der Waals surface area (Å²) in [7, 11) is 0. The van der Waals surface area contributed by atoms with Crippen LogP contribution in [-0.2, 0) is 5.41 Å². The number of hydrogen-bond acceptors (Lipinski definition) is 0. The van der Waals surface area contributed by atoms with E-state index in [2.05, 4.69) is 64.1 Å². The summed E-state index contributed by atoms with van der Waals surface area (Å²) in [4.78, 5) is 0. The van der Waals surface area contributed by atoms with Crippen LogP contribution in [0.1, 0.15) is 36.1 Å². The Balaban J connectivity index is 2.38. The van der Waals surface area contributed by atoms with Crippen LogP contribution in [0.2, 0.25) is 0 Å². The fraction of sp³-hybridized carbons (Fsp3) is 0.294. The van der Waals surface area contributed by atoms with Crippen LogP contribution in [0.25, 0.3) is 11.1 Å². The van der Waals surface area contributed by atoms with Crippen molar-refractivity contribution in [1.29, 1.82) is 0 Å². The van der Waals surface area contributed by atoms with E-state index in [-0.39, 0.29) is 5.41 Å². The molecule has 0 atom stereocenters. The van der Waals surface area contributed by atoms with Crippen molar-refractivity contribution in [2.45, 2.75) is 33.1 Å². The molecule has 0 saturated heterocycles. The minimum Gasteiger partial charge on any atom is -0.0590 e. The summed E-state index contributed by atoms with van der Waals surface area (Å²) in [5.74, 6) is 0. The van der Waals surface area contributed by atoms with Gasteiger partial charge in [-0.3, -0.25) is 0 Å². The minimum atomic E-state index is 0.143. The highest BCUT2D eigenvalue weighted by atomic mass is 14.4. The largest absolute Gasteiger partial charge is 0.0590 e. The van der Waals surface area contributed by atoms with Gasteiger partial charge in [0.25, 0.3) is 0 Å². The van der Waals surface area contributed by atoms with Gasteiger partial charge in [0, 0.05) is 5.41 Å². The zero-order valence-electron chi connectivity index (χ0n) is 11.0. The smallest absolute Gasteiger partial charge is 0.0158 e. The van der Waals surface area contributed by atoms with Gasteiger partial charge in [0.05, 0.1) is 0 Å². The molecule has 2 aromatic rings. The minimum absolute atomic E-state index is 0.143. The van der Waals surface area contributed by atoms with Crippen LogP contribution in [0, 0.1) is 13.8 Å². The van der Waals surface area contributed by atoms with Crippen LogP contribution < -0.4 is 0 Å². The van der Waals surface area contributed by atoms with Gasteiger partial charge < -0.3 is 0 Å². The molecule has 0 unspecified atom stereocenters. The van der Waals surface area contributed by atoms with Crippen LogP contribution in [-0.4, -0.2) is 0 Å². The lowest BCUT2D eigenvalue weighted by Crippen LogP contribution is -2.15. The monoisotopic (exact) mass is 222 g/mol. The molecule has 0 radical (unpaired) electrons. The zero-order valence-corrected chi connectivity index (χ0v) is 11.0. The normalized spacial score (nSPS) is 15.5. The zero-order chi connectivity index (χ0) is 12.2. The van der Waals surface area contributed by atoms with Crippen molar-refractivity contribution >= 4 is 0 Å². The SMILES string of the molecule is Cc1ccc2c(c1)-c1ccc(C)cc1C2(C)C. The topological polar surface area (TPSA) is 0 Å². The summed E-state index contributed by atoms with van der Waals surface area (Å²) in [6.45, 7) is 8.99. The maximum atomic E-state index is 2.34. The van der Waals surface area contributed by atoms with E-state index in [9.17, 15) is 0 Å². The van der Waals surface area contributed by atoms with Gasteiger partial charge in [-0.25, -0.2) is 0 Å². The first-order chi connectivity index (χ1) is 8.00. The average molecular weight is 222 g/mol. The second kappa shape index (κ2) is 3.22. The molecule has 86 valence electrons. The molecule has 0 aromatic heterocycles. The molecule has 0 heterocycles. The standard InChI is InChI=1S/C17H18/c1-11-6-8-15-14(9-11)13-7-5-12(2)10-16(13)17(15,3)4/h5-10H,1-4H3. The second-order valence-electron chi connectivity index (χ2n) is 5.72. The average Bonchev–Trinajstić information content (AvgIpc) is 2.48. The quantitative estimate of drug-likeness (QED) is 0.610. The van der Waals surface area contributed by atoms with E-state index in [0.717, 1.165) is 0 Å². The molecule has 0 saturated carbocycles. The third-order valence-corrected chi connectivity index (χ3v) is 3.99. The van der Waals surface area contributed by atoms with Crippen molar-refractivity contribution in [3.8, 4) is 11.1 Å². The molecule has 1 aliphatic carbocycles. The highest BCUT2D eigenvalue weighted by Gasteiger charge is 2.34. The number of rotatable bonds is 0. The Morgan fingerprint density at radius 1 is 0.706 bits per heavy atom. The summed E-state index contributed by atoms with van der Waals surface area (Å²) in [6.07, 6.45) is 0.